The molecular formula is C13H16N2. The molecule has 1 fully saturated rings. The fourth-order valence-corrected chi connectivity index (χ4v) is 2.46. The van der Waals surface area contributed by atoms with Crippen LogP contribution < -0.4 is 5.01 Å². The Morgan fingerprint density at radius 2 is 1.80 bits per heavy atom. The van der Waals surface area contributed by atoms with E-state index in [-0.39, 0.29) is 0 Å². The number of piperidine rings is 1. The number of hydrogen-bond acceptors (Lipinski definition) is 2. The molecule has 2 aliphatic rings. The van der Waals surface area contributed by atoms with E-state index < -0.39 is 0 Å². The van der Waals surface area contributed by atoms with Gasteiger partial charge in [-0.2, -0.15) is 0 Å². The van der Waals surface area contributed by atoms with Crippen molar-refractivity contribution in [2.75, 3.05) is 18.1 Å². The van der Waals surface area contributed by atoms with Crippen LogP contribution in [0.4, 0.5) is 5.69 Å². The summed E-state index contributed by atoms with van der Waals surface area (Å²) in [5.41, 5.74) is 2.83. The lowest BCUT2D eigenvalue weighted by Crippen LogP contribution is -2.39. The molecule has 0 radical (unpaired) electrons. The van der Waals surface area contributed by atoms with Gasteiger partial charge in [0, 0.05) is 12.2 Å². The van der Waals surface area contributed by atoms with Crippen LogP contribution in [-0.2, 0) is 0 Å². The van der Waals surface area contributed by atoms with Crippen molar-refractivity contribution in [3.8, 4) is 0 Å². The van der Waals surface area contributed by atoms with Crippen molar-refractivity contribution in [3.05, 3.63) is 42.1 Å². The first-order valence-electron chi connectivity index (χ1n) is 5.74. The summed E-state index contributed by atoms with van der Waals surface area (Å²) in [6.07, 6.45) is 6.29. The van der Waals surface area contributed by atoms with Crippen LogP contribution in [0.1, 0.15) is 19.3 Å². The molecule has 3 rings (SSSR count). The molecule has 2 heteroatoms. The summed E-state index contributed by atoms with van der Waals surface area (Å²) in [5, 5.41) is 4.83. The minimum absolute atomic E-state index is 1.04. The van der Waals surface area contributed by atoms with E-state index in [9.17, 15) is 0 Å². The number of rotatable bonds is 1. The van der Waals surface area contributed by atoms with E-state index in [1.807, 2.05) is 0 Å². The maximum absolute atomic E-state index is 2.44. The van der Waals surface area contributed by atoms with Gasteiger partial charge in [0.1, 0.15) is 0 Å². The van der Waals surface area contributed by atoms with Crippen LogP contribution in [0.3, 0.4) is 0 Å². The second-order valence-electron chi connectivity index (χ2n) is 4.19. The largest absolute Gasteiger partial charge is 0.289 e. The molecule has 15 heavy (non-hydrogen) atoms. The predicted molar refractivity (Wildman–Crippen MR) is 62.4 cm³/mol. The van der Waals surface area contributed by atoms with Crippen molar-refractivity contribution in [1.29, 1.82) is 0 Å². The minimum atomic E-state index is 1.04. The number of fused-ring (bicyclic) bond motifs is 1. The molecule has 0 spiro atoms. The smallest absolute Gasteiger partial charge is 0.0597 e. The molecule has 0 bridgehead atoms. The van der Waals surface area contributed by atoms with E-state index >= 15 is 0 Å². The van der Waals surface area contributed by atoms with Gasteiger partial charge in [-0.15, -0.1) is 0 Å². The summed E-state index contributed by atoms with van der Waals surface area (Å²) < 4.78 is 0. The molecule has 2 heterocycles. The van der Waals surface area contributed by atoms with Crippen LogP contribution >= 0.6 is 0 Å². The van der Waals surface area contributed by atoms with Gasteiger partial charge in [-0.3, -0.25) is 10.0 Å². The Labute approximate surface area is 90.8 Å². The third kappa shape index (κ3) is 1.50. The molecule has 0 N–H and O–H groups in total. The SMILES string of the molecule is C1=C2CCCCN2N(c2ccccc2)C1. The van der Waals surface area contributed by atoms with Gasteiger partial charge in [0.15, 0.2) is 0 Å². The normalized spacial score (nSPS) is 20.1. The van der Waals surface area contributed by atoms with Crippen molar-refractivity contribution < 1.29 is 0 Å². The molecule has 2 aliphatic heterocycles. The van der Waals surface area contributed by atoms with E-state index in [0.717, 1.165) is 6.54 Å². The van der Waals surface area contributed by atoms with Crippen molar-refractivity contribution in [1.82, 2.24) is 5.01 Å². The number of benzene rings is 1. The second-order valence-corrected chi connectivity index (χ2v) is 4.19. The van der Waals surface area contributed by atoms with Gasteiger partial charge in [0.2, 0.25) is 0 Å². The molecule has 0 saturated carbocycles. The van der Waals surface area contributed by atoms with Crippen LogP contribution in [0.25, 0.3) is 0 Å². The van der Waals surface area contributed by atoms with Crippen LogP contribution in [0.15, 0.2) is 42.1 Å². The van der Waals surface area contributed by atoms with Crippen LogP contribution in [0.5, 0.6) is 0 Å². The average molecular weight is 200 g/mol. The summed E-state index contributed by atoms with van der Waals surface area (Å²) in [5.74, 6) is 0. The van der Waals surface area contributed by atoms with E-state index in [1.54, 1.807) is 0 Å². The molecule has 78 valence electrons. The molecule has 1 saturated heterocycles. The summed E-state index contributed by atoms with van der Waals surface area (Å²) >= 11 is 0. The first-order valence-corrected chi connectivity index (χ1v) is 5.74. The lowest BCUT2D eigenvalue weighted by molar-refractivity contribution is 0.294. The average Bonchev–Trinajstić information content (AvgIpc) is 2.74. The number of hydrazine groups is 1. The zero-order chi connectivity index (χ0) is 10.1. The van der Waals surface area contributed by atoms with Gasteiger partial charge in [0.25, 0.3) is 0 Å². The molecule has 0 unspecified atom stereocenters. The third-order valence-electron chi connectivity index (χ3n) is 3.23. The van der Waals surface area contributed by atoms with Gasteiger partial charge in [-0.25, -0.2) is 0 Å². The Balaban J connectivity index is 1.85. The molecule has 2 nitrogen and oxygen atoms in total. The maximum atomic E-state index is 2.44. The fourth-order valence-electron chi connectivity index (χ4n) is 2.46. The summed E-state index contributed by atoms with van der Waals surface area (Å²) in [6, 6.07) is 10.7. The fraction of sp³-hybridized carbons (Fsp3) is 0.385. The Bertz CT molecular complexity index is 369. The first-order chi connectivity index (χ1) is 7.45. The number of para-hydroxylation sites is 1. The molecule has 0 aromatic heterocycles. The highest BCUT2D eigenvalue weighted by atomic mass is 15.6. The van der Waals surface area contributed by atoms with Gasteiger partial charge in [0.05, 0.1) is 12.2 Å². The van der Waals surface area contributed by atoms with Gasteiger partial charge in [-0.05, 0) is 37.5 Å². The second kappa shape index (κ2) is 3.61. The van der Waals surface area contributed by atoms with Crippen LogP contribution in [0, 0.1) is 0 Å². The highest BCUT2D eigenvalue weighted by Crippen LogP contribution is 2.30. The maximum Gasteiger partial charge on any atom is 0.0597 e. The number of allylic oxidation sites excluding steroid dienone is 1. The number of nitrogens with zero attached hydrogens (tertiary/aromatic N) is 2. The van der Waals surface area contributed by atoms with Crippen molar-refractivity contribution >= 4 is 5.69 Å². The van der Waals surface area contributed by atoms with E-state index in [4.69, 9.17) is 0 Å². The highest BCUT2D eigenvalue weighted by molar-refractivity contribution is 5.48. The first kappa shape index (κ1) is 8.84. The zero-order valence-electron chi connectivity index (χ0n) is 8.89. The lowest BCUT2D eigenvalue weighted by atomic mass is 10.1. The minimum Gasteiger partial charge on any atom is -0.289 e. The van der Waals surface area contributed by atoms with Crippen molar-refractivity contribution in [2.24, 2.45) is 0 Å². The molecule has 0 atom stereocenters. The van der Waals surface area contributed by atoms with E-state index in [1.165, 1.54) is 37.2 Å². The molecule has 1 aromatic rings. The number of anilines is 1. The molecular weight excluding hydrogens is 184 g/mol. The van der Waals surface area contributed by atoms with Crippen LogP contribution in [0.2, 0.25) is 0 Å². The Hall–Kier alpha value is -1.44. The Morgan fingerprint density at radius 3 is 2.67 bits per heavy atom. The van der Waals surface area contributed by atoms with Gasteiger partial charge in [-0.1, -0.05) is 18.2 Å². The third-order valence-corrected chi connectivity index (χ3v) is 3.23. The highest BCUT2D eigenvalue weighted by Gasteiger charge is 2.25. The van der Waals surface area contributed by atoms with Crippen molar-refractivity contribution in [2.45, 2.75) is 19.3 Å². The standard InChI is InChI=1S/C13H16N2/c1-2-6-12(7-3-1)15-11-9-13-8-4-5-10-14(13)15/h1-3,6-7,9H,4-5,8,10-11H2. The Kier molecular flexibility index (Phi) is 2.13. The quantitative estimate of drug-likeness (QED) is 0.687. The Morgan fingerprint density at radius 1 is 0.933 bits per heavy atom. The lowest BCUT2D eigenvalue weighted by Gasteiger charge is -2.36. The summed E-state index contributed by atoms with van der Waals surface area (Å²) in [7, 11) is 0. The van der Waals surface area contributed by atoms with Crippen molar-refractivity contribution in [3.63, 3.8) is 0 Å². The summed E-state index contributed by atoms with van der Waals surface area (Å²) in [4.78, 5) is 0. The molecule has 1 aromatic carbocycles. The van der Waals surface area contributed by atoms with Gasteiger partial charge >= 0.3 is 0 Å². The topological polar surface area (TPSA) is 6.48 Å². The zero-order valence-corrected chi connectivity index (χ0v) is 8.89. The van der Waals surface area contributed by atoms with E-state index in [2.05, 4.69) is 46.4 Å². The predicted octanol–water partition coefficient (Wildman–Crippen LogP) is 2.79. The number of hydrogen-bond donors (Lipinski definition) is 0. The summed E-state index contributed by atoms with van der Waals surface area (Å²) in [6.45, 7) is 2.22. The van der Waals surface area contributed by atoms with Gasteiger partial charge < -0.3 is 0 Å². The molecule has 0 aliphatic carbocycles. The monoisotopic (exact) mass is 200 g/mol. The van der Waals surface area contributed by atoms with Crippen LogP contribution in [-0.4, -0.2) is 18.1 Å². The van der Waals surface area contributed by atoms with E-state index in [0.29, 0.717) is 0 Å². The molecule has 0 amide bonds.